The molecule has 4 nitrogen and oxygen atoms in total. The molecular formula is C15H21ClN2O2. The van der Waals surface area contributed by atoms with Gasteiger partial charge in [0.2, 0.25) is 5.91 Å². The number of halogens is 1. The van der Waals surface area contributed by atoms with Crippen LogP contribution in [0.5, 0.6) is 0 Å². The minimum Gasteiger partial charge on any atom is -0.391 e. The Balaban J connectivity index is 2.42. The van der Waals surface area contributed by atoms with Gasteiger partial charge in [-0.25, -0.2) is 4.98 Å². The molecule has 0 aliphatic carbocycles. The topological polar surface area (TPSA) is 62.2 Å². The van der Waals surface area contributed by atoms with Crippen LogP contribution in [0.15, 0.2) is 24.4 Å². The van der Waals surface area contributed by atoms with Crippen molar-refractivity contribution in [1.29, 1.82) is 0 Å². The second-order valence-electron chi connectivity index (χ2n) is 4.64. The van der Waals surface area contributed by atoms with Crippen LogP contribution in [0.1, 0.15) is 32.3 Å². The van der Waals surface area contributed by atoms with Crippen LogP contribution in [-0.2, 0) is 4.79 Å². The fraction of sp³-hybridized carbons (Fsp3) is 0.467. The number of aromatic nitrogens is 1. The Kier molecular flexibility index (Phi) is 7.26. The zero-order chi connectivity index (χ0) is 15.0. The van der Waals surface area contributed by atoms with Crippen molar-refractivity contribution in [3.63, 3.8) is 0 Å². The summed E-state index contributed by atoms with van der Waals surface area (Å²) in [6.07, 6.45) is 5.97. The average molecular weight is 297 g/mol. The lowest BCUT2D eigenvalue weighted by molar-refractivity contribution is -0.117. The Morgan fingerprint density at radius 2 is 2.15 bits per heavy atom. The minimum absolute atomic E-state index is 0.222. The molecule has 1 amide bonds. The SMILES string of the molecule is CCC(CC)C(O)CNC(=O)/C=C/c1ccc(Cl)nc1. The van der Waals surface area contributed by atoms with E-state index in [1.54, 1.807) is 24.4 Å². The van der Waals surface area contributed by atoms with Crippen LogP contribution in [0.25, 0.3) is 6.08 Å². The standard InChI is InChI=1S/C15H21ClN2O2/c1-3-12(4-2)13(19)10-18-15(20)8-6-11-5-7-14(16)17-9-11/h5-9,12-13,19H,3-4,10H2,1-2H3,(H,18,20)/b8-6+. The lowest BCUT2D eigenvalue weighted by atomic mass is 9.96. The molecule has 1 atom stereocenters. The summed E-state index contributed by atoms with van der Waals surface area (Å²) in [4.78, 5) is 15.6. The zero-order valence-corrected chi connectivity index (χ0v) is 12.6. The molecule has 0 saturated heterocycles. The summed E-state index contributed by atoms with van der Waals surface area (Å²) in [5.74, 6) is -0.00954. The number of carbonyl (C=O) groups is 1. The predicted octanol–water partition coefficient (Wildman–Crippen LogP) is 2.66. The average Bonchev–Trinajstić information content (AvgIpc) is 2.45. The molecule has 1 aromatic rings. The highest BCUT2D eigenvalue weighted by molar-refractivity contribution is 6.29. The second kappa shape index (κ2) is 8.72. The normalized spacial score (nSPS) is 12.8. The van der Waals surface area contributed by atoms with E-state index in [4.69, 9.17) is 11.6 Å². The van der Waals surface area contributed by atoms with Gasteiger partial charge in [0.15, 0.2) is 0 Å². The minimum atomic E-state index is -0.500. The molecule has 1 heterocycles. The monoisotopic (exact) mass is 296 g/mol. The Morgan fingerprint density at radius 1 is 1.45 bits per heavy atom. The Labute approximate surface area is 124 Å². The quantitative estimate of drug-likeness (QED) is 0.601. The van der Waals surface area contributed by atoms with Crippen LogP contribution in [0, 0.1) is 5.92 Å². The second-order valence-corrected chi connectivity index (χ2v) is 5.02. The Hall–Kier alpha value is -1.39. The third-order valence-electron chi connectivity index (χ3n) is 3.26. The van der Waals surface area contributed by atoms with E-state index in [0.29, 0.717) is 5.15 Å². The molecule has 20 heavy (non-hydrogen) atoms. The van der Waals surface area contributed by atoms with Gasteiger partial charge >= 0.3 is 0 Å². The largest absolute Gasteiger partial charge is 0.391 e. The predicted molar refractivity (Wildman–Crippen MR) is 81.4 cm³/mol. The number of rotatable bonds is 7. The number of hydrogen-bond acceptors (Lipinski definition) is 3. The molecule has 2 N–H and O–H groups in total. The van der Waals surface area contributed by atoms with Crippen molar-refractivity contribution in [3.05, 3.63) is 35.1 Å². The molecule has 110 valence electrons. The molecule has 0 saturated carbocycles. The van der Waals surface area contributed by atoms with Crippen LogP contribution in [0.4, 0.5) is 0 Å². The van der Waals surface area contributed by atoms with E-state index in [9.17, 15) is 9.90 Å². The summed E-state index contributed by atoms with van der Waals surface area (Å²) in [5, 5.41) is 13.0. The summed E-state index contributed by atoms with van der Waals surface area (Å²) in [6.45, 7) is 4.34. The maximum absolute atomic E-state index is 11.6. The lowest BCUT2D eigenvalue weighted by Crippen LogP contribution is -2.35. The maximum Gasteiger partial charge on any atom is 0.244 e. The van der Waals surface area contributed by atoms with Crippen LogP contribution in [0.3, 0.4) is 0 Å². The summed E-state index contributed by atoms with van der Waals surface area (Å²) < 4.78 is 0. The third kappa shape index (κ3) is 5.72. The molecule has 0 aliphatic heterocycles. The van der Waals surface area contributed by atoms with Crippen molar-refractivity contribution in [2.45, 2.75) is 32.8 Å². The van der Waals surface area contributed by atoms with E-state index in [0.717, 1.165) is 18.4 Å². The molecule has 0 fully saturated rings. The molecule has 0 spiro atoms. The summed E-state index contributed by atoms with van der Waals surface area (Å²) in [5.41, 5.74) is 0.796. The van der Waals surface area contributed by atoms with E-state index in [1.165, 1.54) is 6.08 Å². The van der Waals surface area contributed by atoms with E-state index in [-0.39, 0.29) is 18.4 Å². The van der Waals surface area contributed by atoms with Crippen molar-refractivity contribution >= 4 is 23.6 Å². The summed E-state index contributed by atoms with van der Waals surface area (Å²) in [7, 11) is 0. The highest BCUT2D eigenvalue weighted by Gasteiger charge is 2.15. The molecule has 0 bridgehead atoms. The van der Waals surface area contributed by atoms with Crippen molar-refractivity contribution in [2.75, 3.05) is 6.54 Å². The molecular weight excluding hydrogens is 276 g/mol. The van der Waals surface area contributed by atoms with Crippen LogP contribution in [-0.4, -0.2) is 28.6 Å². The first kappa shape index (κ1) is 16.7. The van der Waals surface area contributed by atoms with Gasteiger partial charge in [-0.3, -0.25) is 4.79 Å². The highest BCUT2D eigenvalue weighted by atomic mass is 35.5. The van der Waals surface area contributed by atoms with Crippen LogP contribution in [0.2, 0.25) is 5.15 Å². The van der Waals surface area contributed by atoms with Gasteiger partial charge in [0, 0.05) is 18.8 Å². The third-order valence-corrected chi connectivity index (χ3v) is 3.48. The molecule has 0 aromatic carbocycles. The number of nitrogens with one attached hydrogen (secondary N) is 1. The Morgan fingerprint density at radius 3 is 2.70 bits per heavy atom. The van der Waals surface area contributed by atoms with Gasteiger partial charge in [-0.2, -0.15) is 0 Å². The number of amides is 1. The summed E-state index contributed by atoms with van der Waals surface area (Å²) in [6, 6.07) is 3.44. The first-order chi connectivity index (χ1) is 9.56. The fourth-order valence-electron chi connectivity index (χ4n) is 1.92. The van der Waals surface area contributed by atoms with Gasteiger partial charge in [0.1, 0.15) is 5.15 Å². The van der Waals surface area contributed by atoms with Crippen molar-refractivity contribution in [1.82, 2.24) is 10.3 Å². The van der Waals surface area contributed by atoms with Crippen molar-refractivity contribution < 1.29 is 9.90 Å². The molecule has 5 heteroatoms. The number of pyridine rings is 1. The number of carbonyl (C=O) groups excluding carboxylic acids is 1. The van der Waals surface area contributed by atoms with E-state index < -0.39 is 6.10 Å². The number of nitrogens with zero attached hydrogens (tertiary/aromatic N) is 1. The van der Waals surface area contributed by atoms with Gasteiger partial charge in [0.25, 0.3) is 0 Å². The maximum atomic E-state index is 11.6. The number of aliphatic hydroxyl groups is 1. The number of hydrogen-bond donors (Lipinski definition) is 2. The molecule has 0 aliphatic rings. The van der Waals surface area contributed by atoms with Gasteiger partial charge in [-0.1, -0.05) is 44.4 Å². The molecule has 0 radical (unpaired) electrons. The van der Waals surface area contributed by atoms with Gasteiger partial charge in [-0.15, -0.1) is 0 Å². The highest BCUT2D eigenvalue weighted by Crippen LogP contribution is 2.12. The molecule has 1 rings (SSSR count). The van der Waals surface area contributed by atoms with Crippen LogP contribution < -0.4 is 5.32 Å². The first-order valence-corrected chi connectivity index (χ1v) is 7.20. The smallest absolute Gasteiger partial charge is 0.244 e. The van der Waals surface area contributed by atoms with Gasteiger partial charge in [-0.05, 0) is 23.6 Å². The van der Waals surface area contributed by atoms with E-state index in [2.05, 4.69) is 10.3 Å². The molecule has 1 unspecified atom stereocenters. The lowest BCUT2D eigenvalue weighted by Gasteiger charge is -2.19. The Bertz CT molecular complexity index is 442. The van der Waals surface area contributed by atoms with Crippen molar-refractivity contribution in [2.24, 2.45) is 5.92 Å². The fourth-order valence-corrected chi connectivity index (χ4v) is 2.03. The van der Waals surface area contributed by atoms with Gasteiger partial charge < -0.3 is 10.4 Å². The van der Waals surface area contributed by atoms with Gasteiger partial charge in [0.05, 0.1) is 6.10 Å². The molecule has 1 aromatic heterocycles. The summed E-state index contributed by atoms with van der Waals surface area (Å²) >= 11 is 5.67. The first-order valence-electron chi connectivity index (χ1n) is 6.82. The van der Waals surface area contributed by atoms with E-state index in [1.807, 2.05) is 13.8 Å². The van der Waals surface area contributed by atoms with Crippen LogP contribution >= 0.6 is 11.6 Å². The van der Waals surface area contributed by atoms with E-state index >= 15 is 0 Å². The number of aliphatic hydroxyl groups excluding tert-OH is 1. The zero-order valence-electron chi connectivity index (χ0n) is 11.8. The van der Waals surface area contributed by atoms with Crippen molar-refractivity contribution in [3.8, 4) is 0 Å².